The number of aromatic hydroxyl groups is 1. The lowest BCUT2D eigenvalue weighted by Crippen LogP contribution is -2.18. The molecule has 0 saturated carbocycles. The van der Waals surface area contributed by atoms with E-state index >= 15 is 0 Å². The molecule has 3 aromatic carbocycles. The molecule has 186 valence electrons. The van der Waals surface area contributed by atoms with Gasteiger partial charge in [-0.05, 0) is 122 Å². The smallest absolute Gasteiger partial charge is 0.117 e. The van der Waals surface area contributed by atoms with Gasteiger partial charge in [-0.15, -0.1) is 11.3 Å². The van der Waals surface area contributed by atoms with E-state index in [1.807, 2.05) is 12.1 Å². The van der Waals surface area contributed by atoms with E-state index in [-0.39, 0.29) is 0 Å². The van der Waals surface area contributed by atoms with E-state index in [4.69, 9.17) is 0 Å². The average Bonchev–Trinajstić information content (AvgIpc) is 3.64. The summed E-state index contributed by atoms with van der Waals surface area (Å²) in [7, 11) is 0. The summed E-state index contributed by atoms with van der Waals surface area (Å²) in [6.45, 7) is 9.30. The maximum atomic E-state index is 10.1. The Kier molecular flexibility index (Phi) is 6.83. The first-order valence-corrected chi connectivity index (χ1v) is 14.3. The van der Waals surface area contributed by atoms with E-state index in [1.165, 1.54) is 95.5 Å². The number of fused-ring (bicyclic) bond motifs is 1. The van der Waals surface area contributed by atoms with E-state index in [9.17, 15) is 5.11 Å². The molecular formula is C32H36N2OS. The van der Waals surface area contributed by atoms with Crippen LogP contribution in [0, 0.1) is 6.92 Å². The SMILES string of the molecule is Cc1cc(Cc2c(-c3ccc(CN4CCCC4)cc3)sc3cc(O)ccc23)ccc1CN1CCCC1. The molecule has 0 radical (unpaired) electrons. The molecule has 2 aliphatic heterocycles. The highest BCUT2D eigenvalue weighted by Crippen LogP contribution is 2.41. The molecule has 4 heteroatoms. The predicted octanol–water partition coefficient (Wildman–Crippen LogP) is 7.36. The highest BCUT2D eigenvalue weighted by atomic mass is 32.1. The molecule has 0 amide bonds. The van der Waals surface area contributed by atoms with Crippen molar-refractivity contribution in [2.24, 2.45) is 0 Å². The van der Waals surface area contributed by atoms with Gasteiger partial charge in [-0.3, -0.25) is 9.80 Å². The molecule has 3 nitrogen and oxygen atoms in total. The van der Waals surface area contributed by atoms with Crippen molar-refractivity contribution in [1.29, 1.82) is 0 Å². The van der Waals surface area contributed by atoms with Crippen molar-refractivity contribution in [2.75, 3.05) is 26.2 Å². The van der Waals surface area contributed by atoms with Crippen LogP contribution in [0.1, 0.15) is 53.5 Å². The Balaban J connectivity index is 1.30. The van der Waals surface area contributed by atoms with Crippen molar-refractivity contribution >= 4 is 21.4 Å². The first-order chi connectivity index (χ1) is 17.6. The molecule has 0 spiro atoms. The first kappa shape index (κ1) is 23.7. The summed E-state index contributed by atoms with van der Waals surface area (Å²) in [4.78, 5) is 6.45. The van der Waals surface area contributed by atoms with Crippen LogP contribution in [0.5, 0.6) is 5.75 Å². The monoisotopic (exact) mass is 496 g/mol. The first-order valence-electron chi connectivity index (χ1n) is 13.5. The highest BCUT2D eigenvalue weighted by molar-refractivity contribution is 7.22. The van der Waals surface area contributed by atoms with Crippen LogP contribution in [0.15, 0.2) is 60.7 Å². The normalized spacial score (nSPS) is 16.9. The third kappa shape index (κ3) is 5.08. The van der Waals surface area contributed by atoms with Crippen LogP contribution >= 0.6 is 11.3 Å². The minimum atomic E-state index is 0.338. The number of thiophene rings is 1. The molecular weight excluding hydrogens is 460 g/mol. The van der Waals surface area contributed by atoms with E-state index in [1.54, 1.807) is 11.3 Å². The standard InChI is InChI=1S/C32H36N2OS/c1-23-18-25(8-11-27(23)22-34-16-4-5-17-34)19-30-29-13-12-28(35)20-31(29)36-32(30)26-9-6-24(7-10-26)21-33-14-2-3-15-33/h6-13,18,20,35H,2-5,14-17,19,21-22H2,1H3. The Bertz CT molecular complexity index is 1340. The lowest BCUT2D eigenvalue weighted by molar-refractivity contribution is 0.330. The number of nitrogens with zero attached hydrogens (tertiary/aromatic N) is 2. The molecule has 2 fully saturated rings. The van der Waals surface area contributed by atoms with Gasteiger partial charge in [0.25, 0.3) is 0 Å². The number of phenols is 1. The van der Waals surface area contributed by atoms with Gasteiger partial charge in [-0.1, -0.05) is 42.5 Å². The number of likely N-dealkylation sites (tertiary alicyclic amines) is 2. The average molecular weight is 497 g/mol. The summed E-state index contributed by atoms with van der Waals surface area (Å²) in [5.41, 5.74) is 8.24. The van der Waals surface area contributed by atoms with Gasteiger partial charge >= 0.3 is 0 Å². The fourth-order valence-electron chi connectivity index (χ4n) is 5.94. The Morgan fingerprint density at radius 3 is 2.11 bits per heavy atom. The summed E-state index contributed by atoms with van der Waals surface area (Å²) < 4.78 is 1.16. The number of rotatable bonds is 7. The Labute approximate surface area is 219 Å². The summed E-state index contributed by atoms with van der Waals surface area (Å²) >= 11 is 1.80. The van der Waals surface area contributed by atoms with Gasteiger partial charge in [0.15, 0.2) is 0 Å². The Hall–Kier alpha value is -2.66. The number of benzene rings is 3. The van der Waals surface area contributed by atoms with Crippen molar-refractivity contribution in [1.82, 2.24) is 9.80 Å². The Morgan fingerprint density at radius 2 is 1.42 bits per heavy atom. The minimum Gasteiger partial charge on any atom is -0.508 e. The highest BCUT2D eigenvalue weighted by Gasteiger charge is 2.17. The zero-order valence-electron chi connectivity index (χ0n) is 21.3. The lowest BCUT2D eigenvalue weighted by Gasteiger charge is -2.17. The molecule has 2 aliphatic rings. The molecule has 3 heterocycles. The van der Waals surface area contributed by atoms with Gasteiger partial charge in [-0.25, -0.2) is 0 Å². The van der Waals surface area contributed by atoms with Gasteiger partial charge < -0.3 is 5.11 Å². The topological polar surface area (TPSA) is 26.7 Å². The summed E-state index contributed by atoms with van der Waals surface area (Å²) in [5.74, 6) is 0.338. The van der Waals surface area contributed by atoms with Crippen molar-refractivity contribution in [3.63, 3.8) is 0 Å². The quantitative estimate of drug-likeness (QED) is 0.289. The second-order valence-electron chi connectivity index (χ2n) is 10.7. The minimum absolute atomic E-state index is 0.338. The number of phenolic OH excluding ortho intramolecular Hbond substituents is 1. The summed E-state index contributed by atoms with van der Waals surface area (Å²) in [6, 6.07) is 22.1. The molecule has 0 unspecified atom stereocenters. The van der Waals surface area contributed by atoms with Crippen LogP contribution in [0.25, 0.3) is 20.5 Å². The molecule has 4 aromatic rings. The molecule has 0 aliphatic carbocycles. The van der Waals surface area contributed by atoms with Crippen LogP contribution < -0.4 is 0 Å². The number of aryl methyl sites for hydroxylation is 1. The van der Waals surface area contributed by atoms with E-state index in [0.29, 0.717) is 5.75 Å². The van der Waals surface area contributed by atoms with Crippen molar-refractivity contribution < 1.29 is 5.11 Å². The molecule has 2 saturated heterocycles. The van der Waals surface area contributed by atoms with E-state index in [0.717, 1.165) is 24.2 Å². The third-order valence-corrected chi connectivity index (χ3v) is 9.22. The predicted molar refractivity (Wildman–Crippen MR) is 152 cm³/mol. The maximum absolute atomic E-state index is 10.1. The van der Waals surface area contributed by atoms with E-state index < -0.39 is 0 Å². The van der Waals surface area contributed by atoms with Gasteiger partial charge in [0, 0.05) is 22.7 Å². The van der Waals surface area contributed by atoms with Crippen molar-refractivity contribution in [3.05, 3.63) is 88.5 Å². The lowest BCUT2D eigenvalue weighted by atomic mass is 9.96. The zero-order valence-corrected chi connectivity index (χ0v) is 22.1. The second kappa shape index (κ2) is 10.4. The molecule has 6 rings (SSSR count). The zero-order chi connectivity index (χ0) is 24.5. The van der Waals surface area contributed by atoms with Gasteiger partial charge in [0.05, 0.1) is 0 Å². The third-order valence-electron chi connectivity index (χ3n) is 7.98. The van der Waals surface area contributed by atoms with Gasteiger partial charge in [-0.2, -0.15) is 0 Å². The molecule has 36 heavy (non-hydrogen) atoms. The second-order valence-corrected chi connectivity index (χ2v) is 11.7. The fourth-order valence-corrected chi connectivity index (χ4v) is 7.20. The summed E-state index contributed by atoms with van der Waals surface area (Å²) in [5, 5.41) is 11.4. The van der Waals surface area contributed by atoms with Crippen LogP contribution in [0.4, 0.5) is 0 Å². The maximum Gasteiger partial charge on any atom is 0.117 e. The van der Waals surface area contributed by atoms with Crippen LogP contribution in [-0.2, 0) is 19.5 Å². The van der Waals surface area contributed by atoms with Gasteiger partial charge in [0.2, 0.25) is 0 Å². The van der Waals surface area contributed by atoms with Crippen LogP contribution in [0.3, 0.4) is 0 Å². The van der Waals surface area contributed by atoms with Crippen molar-refractivity contribution in [2.45, 2.75) is 52.1 Å². The molecule has 1 N–H and O–H groups in total. The molecule has 1 aromatic heterocycles. The number of hydrogen-bond donors (Lipinski definition) is 1. The number of hydrogen-bond acceptors (Lipinski definition) is 4. The molecule has 0 bridgehead atoms. The summed E-state index contributed by atoms with van der Waals surface area (Å²) in [6.07, 6.45) is 6.23. The van der Waals surface area contributed by atoms with Crippen LogP contribution in [0.2, 0.25) is 0 Å². The van der Waals surface area contributed by atoms with Gasteiger partial charge in [0.1, 0.15) is 5.75 Å². The fraction of sp³-hybridized carbons (Fsp3) is 0.375. The van der Waals surface area contributed by atoms with Crippen molar-refractivity contribution in [3.8, 4) is 16.2 Å². The molecule has 0 atom stereocenters. The Morgan fingerprint density at radius 1 is 0.750 bits per heavy atom. The largest absolute Gasteiger partial charge is 0.508 e. The van der Waals surface area contributed by atoms with E-state index in [2.05, 4.69) is 65.3 Å². The van der Waals surface area contributed by atoms with Crippen LogP contribution in [-0.4, -0.2) is 41.1 Å².